The largest absolute Gasteiger partial charge is 0.366 e. The molecule has 0 heterocycles. The maximum Gasteiger partial charge on any atom is 0.251 e. The molecule has 1 rings (SSSR count). The highest BCUT2D eigenvalue weighted by molar-refractivity contribution is 6.17. The van der Waals surface area contributed by atoms with Gasteiger partial charge < -0.3 is 11.1 Å². The molecule has 0 aliphatic carbocycles. The Morgan fingerprint density at radius 3 is 2.24 bits per heavy atom. The molecular formula is C12H15ClN2O2. The Bertz CT molecular complexity index is 390. The fourth-order valence-corrected chi connectivity index (χ4v) is 1.50. The Morgan fingerprint density at radius 1 is 1.12 bits per heavy atom. The third-order valence-electron chi connectivity index (χ3n) is 2.28. The van der Waals surface area contributed by atoms with Crippen molar-refractivity contribution >= 4 is 23.4 Å². The van der Waals surface area contributed by atoms with Gasteiger partial charge in [0.15, 0.2) is 0 Å². The number of carbonyl (C=O) groups is 2. The number of rotatable bonds is 6. The van der Waals surface area contributed by atoms with E-state index in [0.717, 1.165) is 12.8 Å². The summed E-state index contributed by atoms with van der Waals surface area (Å²) in [5, 5.41) is 2.77. The lowest BCUT2D eigenvalue weighted by Crippen LogP contribution is -2.24. The summed E-state index contributed by atoms with van der Waals surface area (Å²) in [4.78, 5) is 22.5. The van der Waals surface area contributed by atoms with Gasteiger partial charge in [-0.15, -0.1) is 11.6 Å². The topological polar surface area (TPSA) is 72.2 Å². The van der Waals surface area contributed by atoms with Gasteiger partial charge in [0.1, 0.15) is 0 Å². The fourth-order valence-electron chi connectivity index (χ4n) is 1.31. The van der Waals surface area contributed by atoms with Crippen molar-refractivity contribution in [3.63, 3.8) is 0 Å². The van der Waals surface area contributed by atoms with Crippen molar-refractivity contribution in [3.8, 4) is 0 Å². The standard InChI is InChI=1S/C12H15ClN2O2/c13-7-1-2-8-15-12(17)10-5-3-9(4-6-10)11(14)16/h3-6H,1-2,7-8H2,(H2,14,16)(H,15,17). The molecule has 0 aliphatic rings. The Balaban J connectivity index is 2.49. The summed E-state index contributed by atoms with van der Waals surface area (Å²) in [7, 11) is 0. The van der Waals surface area contributed by atoms with Crippen molar-refractivity contribution in [2.75, 3.05) is 12.4 Å². The molecule has 0 radical (unpaired) electrons. The average Bonchev–Trinajstić information content (AvgIpc) is 2.34. The summed E-state index contributed by atoms with van der Waals surface area (Å²) in [5.41, 5.74) is 6.01. The number of halogens is 1. The van der Waals surface area contributed by atoms with E-state index < -0.39 is 5.91 Å². The van der Waals surface area contributed by atoms with Crippen LogP contribution in [0.5, 0.6) is 0 Å². The van der Waals surface area contributed by atoms with Crippen LogP contribution in [0.25, 0.3) is 0 Å². The lowest BCUT2D eigenvalue weighted by Gasteiger charge is -2.04. The van der Waals surface area contributed by atoms with Crippen LogP contribution in [0.2, 0.25) is 0 Å². The van der Waals surface area contributed by atoms with Gasteiger partial charge in [-0.05, 0) is 37.1 Å². The van der Waals surface area contributed by atoms with E-state index >= 15 is 0 Å². The van der Waals surface area contributed by atoms with Crippen LogP contribution >= 0.6 is 11.6 Å². The van der Waals surface area contributed by atoms with E-state index in [0.29, 0.717) is 23.6 Å². The summed E-state index contributed by atoms with van der Waals surface area (Å²) in [6.45, 7) is 0.600. The highest BCUT2D eigenvalue weighted by Gasteiger charge is 2.05. The molecule has 1 aromatic carbocycles. The summed E-state index contributed by atoms with van der Waals surface area (Å²) < 4.78 is 0. The molecule has 0 spiro atoms. The fraction of sp³-hybridized carbons (Fsp3) is 0.333. The van der Waals surface area contributed by atoms with E-state index in [1.165, 1.54) is 12.1 Å². The van der Waals surface area contributed by atoms with Crippen LogP contribution < -0.4 is 11.1 Å². The second kappa shape index (κ2) is 6.91. The molecule has 92 valence electrons. The van der Waals surface area contributed by atoms with Gasteiger partial charge in [0.2, 0.25) is 5.91 Å². The molecule has 5 heteroatoms. The normalized spacial score (nSPS) is 9.94. The molecule has 2 amide bonds. The first-order chi connectivity index (χ1) is 8.15. The minimum atomic E-state index is -0.501. The maximum absolute atomic E-state index is 11.6. The third-order valence-corrected chi connectivity index (χ3v) is 2.54. The number of primary amides is 1. The summed E-state index contributed by atoms with van der Waals surface area (Å²) in [6.07, 6.45) is 1.73. The molecule has 0 bridgehead atoms. The van der Waals surface area contributed by atoms with Gasteiger partial charge in [-0.25, -0.2) is 0 Å². The average molecular weight is 255 g/mol. The number of hydrogen-bond donors (Lipinski definition) is 2. The van der Waals surface area contributed by atoms with Crippen LogP contribution in [-0.2, 0) is 0 Å². The second-order valence-electron chi connectivity index (χ2n) is 3.59. The third kappa shape index (κ3) is 4.44. The van der Waals surface area contributed by atoms with Crippen LogP contribution in [-0.4, -0.2) is 24.2 Å². The molecule has 4 nitrogen and oxygen atoms in total. The summed E-state index contributed by atoms with van der Waals surface area (Å²) in [5.74, 6) is -0.0573. The van der Waals surface area contributed by atoms with E-state index in [9.17, 15) is 9.59 Å². The zero-order valence-electron chi connectivity index (χ0n) is 9.41. The molecule has 0 aliphatic heterocycles. The number of amides is 2. The second-order valence-corrected chi connectivity index (χ2v) is 3.97. The van der Waals surface area contributed by atoms with Gasteiger partial charge in [0, 0.05) is 23.6 Å². The number of hydrogen-bond acceptors (Lipinski definition) is 2. The first kappa shape index (κ1) is 13.5. The van der Waals surface area contributed by atoms with Gasteiger partial charge in [-0.1, -0.05) is 0 Å². The number of nitrogens with two attached hydrogens (primary N) is 1. The predicted octanol–water partition coefficient (Wildman–Crippen LogP) is 1.53. The Morgan fingerprint density at radius 2 is 1.71 bits per heavy atom. The number of benzene rings is 1. The minimum absolute atomic E-state index is 0.157. The molecule has 0 atom stereocenters. The first-order valence-corrected chi connectivity index (χ1v) is 5.92. The van der Waals surface area contributed by atoms with E-state index in [1.807, 2.05) is 0 Å². The number of alkyl halides is 1. The maximum atomic E-state index is 11.6. The van der Waals surface area contributed by atoms with Crippen LogP contribution in [0.1, 0.15) is 33.6 Å². The number of unbranched alkanes of at least 4 members (excludes halogenated alkanes) is 1. The van der Waals surface area contributed by atoms with Gasteiger partial charge in [0.25, 0.3) is 5.91 Å². The Kier molecular flexibility index (Phi) is 5.49. The Labute approximate surface area is 105 Å². The predicted molar refractivity (Wildman–Crippen MR) is 67.2 cm³/mol. The minimum Gasteiger partial charge on any atom is -0.366 e. The van der Waals surface area contributed by atoms with E-state index in [4.69, 9.17) is 17.3 Å². The Hall–Kier alpha value is -1.55. The van der Waals surface area contributed by atoms with E-state index in [2.05, 4.69) is 5.32 Å². The van der Waals surface area contributed by atoms with Crippen LogP contribution in [0, 0.1) is 0 Å². The molecule has 17 heavy (non-hydrogen) atoms. The highest BCUT2D eigenvalue weighted by Crippen LogP contribution is 2.03. The van der Waals surface area contributed by atoms with Crippen molar-refractivity contribution in [2.45, 2.75) is 12.8 Å². The lowest BCUT2D eigenvalue weighted by molar-refractivity contribution is 0.0950. The van der Waals surface area contributed by atoms with Crippen molar-refractivity contribution in [1.82, 2.24) is 5.32 Å². The first-order valence-electron chi connectivity index (χ1n) is 5.39. The molecule has 0 fully saturated rings. The van der Waals surface area contributed by atoms with E-state index in [1.54, 1.807) is 12.1 Å². The zero-order chi connectivity index (χ0) is 12.7. The zero-order valence-corrected chi connectivity index (χ0v) is 10.2. The molecule has 0 unspecified atom stereocenters. The monoisotopic (exact) mass is 254 g/mol. The van der Waals surface area contributed by atoms with Gasteiger partial charge in [0.05, 0.1) is 0 Å². The summed E-state index contributed by atoms with van der Waals surface area (Å²) in [6, 6.07) is 6.24. The molecule has 1 aromatic rings. The SMILES string of the molecule is NC(=O)c1ccc(C(=O)NCCCCCl)cc1. The molecule has 3 N–H and O–H groups in total. The highest BCUT2D eigenvalue weighted by atomic mass is 35.5. The van der Waals surface area contributed by atoms with E-state index in [-0.39, 0.29) is 5.91 Å². The van der Waals surface area contributed by atoms with Crippen molar-refractivity contribution in [3.05, 3.63) is 35.4 Å². The van der Waals surface area contributed by atoms with Gasteiger partial charge in [-0.2, -0.15) is 0 Å². The van der Waals surface area contributed by atoms with Crippen molar-refractivity contribution in [2.24, 2.45) is 5.73 Å². The molecular weight excluding hydrogens is 240 g/mol. The van der Waals surface area contributed by atoms with Crippen LogP contribution in [0.15, 0.2) is 24.3 Å². The molecule has 0 saturated heterocycles. The van der Waals surface area contributed by atoms with Crippen LogP contribution in [0.4, 0.5) is 0 Å². The van der Waals surface area contributed by atoms with Gasteiger partial charge >= 0.3 is 0 Å². The van der Waals surface area contributed by atoms with Gasteiger partial charge in [-0.3, -0.25) is 9.59 Å². The molecule has 0 aromatic heterocycles. The smallest absolute Gasteiger partial charge is 0.251 e. The number of carbonyl (C=O) groups excluding carboxylic acids is 2. The number of nitrogens with one attached hydrogen (secondary N) is 1. The quantitative estimate of drug-likeness (QED) is 0.597. The van der Waals surface area contributed by atoms with Crippen molar-refractivity contribution in [1.29, 1.82) is 0 Å². The van der Waals surface area contributed by atoms with Crippen molar-refractivity contribution < 1.29 is 9.59 Å². The lowest BCUT2D eigenvalue weighted by atomic mass is 10.1. The summed E-state index contributed by atoms with van der Waals surface area (Å²) >= 11 is 5.52. The van der Waals surface area contributed by atoms with Crippen LogP contribution in [0.3, 0.4) is 0 Å². The molecule has 0 saturated carbocycles.